The smallest absolute Gasteiger partial charge is 0.232 e. The Labute approximate surface area is 41.6 Å². The molecular formula is C4H9OSi. The third-order valence-corrected chi connectivity index (χ3v) is 1.22. The summed E-state index contributed by atoms with van der Waals surface area (Å²) in [6, 6.07) is 2.11. The van der Waals surface area contributed by atoms with Gasteiger partial charge in [-0.15, -0.1) is 0 Å². The molecule has 0 aliphatic rings. The zero-order chi connectivity index (χ0) is 4.83. The summed E-state index contributed by atoms with van der Waals surface area (Å²) in [5, 5.41) is 0. The Morgan fingerprint density at radius 1 is 1.83 bits per heavy atom. The molecule has 0 aliphatic heterocycles. The van der Waals surface area contributed by atoms with Gasteiger partial charge in [-0.25, -0.2) is 0 Å². The molecule has 0 saturated carbocycles. The van der Waals surface area contributed by atoms with Gasteiger partial charge in [0, 0.05) is 7.11 Å². The van der Waals surface area contributed by atoms with Crippen LogP contribution in [-0.2, 0) is 4.43 Å². The molecule has 3 radical (unpaired) electrons. The van der Waals surface area contributed by atoms with Crippen LogP contribution in [0.5, 0.6) is 0 Å². The van der Waals surface area contributed by atoms with Crippen molar-refractivity contribution in [2.75, 3.05) is 7.11 Å². The Balaban J connectivity index is 2.34. The van der Waals surface area contributed by atoms with Crippen molar-refractivity contribution < 1.29 is 4.43 Å². The largest absolute Gasteiger partial charge is 0.420 e. The summed E-state index contributed by atoms with van der Waals surface area (Å²) < 4.78 is 4.75. The molecule has 0 aliphatic carbocycles. The molecule has 0 unspecified atom stereocenters. The Bertz CT molecular complexity index is 19.5. The van der Waals surface area contributed by atoms with Crippen molar-refractivity contribution >= 4 is 9.76 Å². The summed E-state index contributed by atoms with van der Waals surface area (Å²) in [4.78, 5) is 0. The first-order valence-corrected chi connectivity index (χ1v) is 3.00. The molecule has 0 saturated heterocycles. The first-order chi connectivity index (χ1) is 2.91. The molecule has 0 aromatic heterocycles. The normalized spacial score (nSPS) is 9.00. The summed E-state index contributed by atoms with van der Waals surface area (Å²) in [6.45, 7) is 2.10. The standard InChI is InChI=1S/C4H9OSi/c1-3-4-6-5-2/h4H,3H2,1-2H3. The lowest BCUT2D eigenvalue weighted by Gasteiger charge is -1.85. The highest BCUT2D eigenvalue weighted by molar-refractivity contribution is 6.32. The van der Waals surface area contributed by atoms with Gasteiger partial charge < -0.3 is 4.43 Å². The van der Waals surface area contributed by atoms with Gasteiger partial charge in [0.2, 0.25) is 9.76 Å². The van der Waals surface area contributed by atoms with E-state index in [1.54, 1.807) is 7.11 Å². The summed E-state index contributed by atoms with van der Waals surface area (Å²) in [7, 11) is 2.30. The molecule has 0 aromatic rings. The van der Waals surface area contributed by atoms with Crippen molar-refractivity contribution in [2.45, 2.75) is 13.3 Å². The molecule has 0 heterocycles. The van der Waals surface area contributed by atoms with Gasteiger partial charge in [0.1, 0.15) is 0 Å². The highest BCUT2D eigenvalue weighted by atomic mass is 28.2. The fourth-order valence-electron chi connectivity index (χ4n) is 0.167. The van der Waals surface area contributed by atoms with Gasteiger partial charge >= 0.3 is 0 Å². The molecule has 0 fully saturated rings. The van der Waals surface area contributed by atoms with Crippen LogP contribution in [0.1, 0.15) is 13.3 Å². The summed E-state index contributed by atoms with van der Waals surface area (Å²) in [5.41, 5.74) is 0. The fourth-order valence-corrected chi connectivity index (χ4v) is 0.500. The molecule has 0 bridgehead atoms. The van der Waals surface area contributed by atoms with Gasteiger partial charge in [-0.1, -0.05) is 13.3 Å². The average Bonchev–Trinajstić information content (AvgIpc) is 1.61. The second-order valence-electron chi connectivity index (χ2n) is 0.934. The van der Waals surface area contributed by atoms with Gasteiger partial charge in [0.25, 0.3) is 0 Å². The van der Waals surface area contributed by atoms with Gasteiger partial charge in [-0.05, 0) is 6.04 Å². The number of hydrogen-bond acceptors (Lipinski definition) is 1. The van der Waals surface area contributed by atoms with E-state index in [4.69, 9.17) is 4.43 Å². The lowest BCUT2D eigenvalue weighted by molar-refractivity contribution is 0.446. The summed E-state index contributed by atoms with van der Waals surface area (Å²) >= 11 is 0. The van der Waals surface area contributed by atoms with Crippen molar-refractivity contribution in [3.8, 4) is 0 Å². The minimum absolute atomic E-state index is 0.590. The maximum absolute atomic E-state index is 4.75. The maximum atomic E-state index is 4.75. The second kappa shape index (κ2) is 5.18. The first kappa shape index (κ1) is 6.18. The lowest BCUT2D eigenvalue weighted by Crippen LogP contribution is -1.91. The highest BCUT2D eigenvalue weighted by Gasteiger charge is 1.79. The quantitative estimate of drug-likeness (QED) is 0.378. The van der Waals surface area contributed by atoms with E-state index < -0.39 is 0 Å². The van der Waals surface area contributed by atoms with Crippen LogP contribution in [0, 0.1) is 6.04 Å². The Morgan fingerprint density at radius 2 is 2.50 bits per heavy atom. The predicted octanol–water partition coefficient (Wildman–Crippen LogP) is 0.824. The summed E-state index contributed by atoms with van der Waals surface area (Å²) in [5.74, 6) is 0. The van der Waals surface area contributed by atoms with E-state index in [2.05, 4.69) is 13.0 Å². The molecule has 2 heteroatoms. The van der Waals surface area contributed by atoms with Crippen molar-refractivity contribution in [1.29, 1.82) is 0 Å². The second-order valence-corrected chi connectivity index (χ2v) is 1.99. The van der Waals surface area contributed by atoms with Crippen LogP contribution in [0.15, 0.2) is 0 Å². The molecule has 0 rings (SSSR count). The number of hydrogen-bond donors (Lipinski definition) is 0. The van der Waals surface area contributed by atoms with Crippen LogP contribution < -0.4 is 0 Å². The van der Waals surface area contributed by atoms with E-state index in [-0.39, 0.29) is 0 Å². The lowest BCUT2D eigenvalue weighted by atomic mass is 10.6. The van der Waals surface area contributed by atoms with Crippen LogP contribution in [0.25, 0.3) is 0 Å². The molecule has 1 nitrogen and oxygen atoms in total. The number of rotatable bonds is 3. The third kappa shape index (κ3) is 4.18. The van der Waals surface area contributed by atoms with Crippen molar-refractivity contribution in [1.82, 2.24) is 0 Å². The fraction of sp³-hybridized carbons (Fsp3) is 0.750. The topological polar surface area (TPSA) is 9.23 Å². The van der Waals surface area contributed by atoms with Crippen LogP contribution in [-0.4, -0.2) is 16.9 Å². The Morgan fingerprint density at radius 3 is 2.67 bits per heavy atom. The molecule has 0 aromatic carbocycles. The first-order valence-electron chi connectivity index (χ1n) is 2.02. The van der Waals surface area contributed by atoms with E-state index in [0.29, 0.717) is 9.76 Å². The third-order valence-electron chi connectivity index (χ3n) is 0.405. The minimum Gasteiger partial charge on any atom is -0.420 e. The van der Waals surface area contributed by atoms with E-state index in [9.17, 15) is 0 Å². The Hall–Kier alpha value is 0.177. The Kier molecular flexibility index (Phi) is 5.33. The van der Waals surface area contributed by atoms with Crippen LogP contribution in [0.4, 0.5) is 0 Å². The molecule has 35 valence electrons. The average molecular weight is 101 g/mol. The van der Waals surface area contributed by atoms with Crippen molar-refractivity contribution in [3.63, 3.8) is 0 Å². The van der Waals surface area contributed by atoms with E-state index in [1.807, 2.05) is 0 Å². The van der Waals surface area contributed by atoms with Gasteiger partial charge in [0.05, 0.1) is 0 Å². The van der Waals surface area contributed by atoms with E-state index >= 15 is 0 Å². The van der Waals surface area contributed by atoms with Gasteiger partial charge in [0.15, 0.2) is 0 Å². The maximum Gasteiger partial charge on any atom is 0.232 e. The zero-order valence-corrected chi connectivity index (χ0v) is 5.19. The van der Waals surface area contributed by atoms with Crippen molar-refractivity contribution in [3.05, 3.63) is 6.04 Å². The molecule has 6 heavy (non-hydrogen) atoms. The van der Waals surface area contributed by atoms with Crippen LogP contribution in [0.3, 0.4) is 0 Å². The van der Waals surface area contributed by atoms with Crippen LogP contribution >= 0.6 is 0 Å². The predicted molar refractivity (Wildman–Crippen MR) is 27.4 cm³/mol. The van der Waals surface area contributed by atoms with Crippen molar-refractivity contribution in [2.24, 2.45) is 0 Å². The van der Waals surface area contributed by atoms with Gasteiger partial charge in [-0.2, -0.15) is 0 Å². The zero-order valence-electron chi connectivity index (χ0n) is 4.19. The minimum atomic E-state index is 0.590. The summed E-state index contributed by atoms with van der Waals surface area (Å²) in [6.07, 6.45) is 1.12. The monoisotopic (exact) mass is 101 g/mol. The molecule has 0 N–H and O–H groups in total. The highest BCUT2D eigenvalue weighted by Crippen LogP contribution is 1.78. The van der Waals surface area contributed by atoms with Gasteiger partial charge in [-0.3, -0.25) is 0 Å². The molecule has 0 spiro atoms. The van der Waals surface area contributed by atoms with Crippen LogP contribution in [0.2, 0.25) is 0 Å². The SMILES string of the molecule is CC[CH][Si]OC. The molecular weight excluding hydrogens is 92.1 g/mol. The molecule has 0 atom stereocenters. The molecule has 0 amide bonds. The van der Waals surface area contributed by atoms with E-state index in [1.165, 1.54) is 0 Å². The van der Waals surface area contributed by atoms with E-state index in [0.717, 1.165) is 6.42 Å².